The van der Waals surface area contributed by atoms with E-state index in [0.29, 0.717) is 11.2 Å². The number of aryl methyl sites for hydroxylation is 1. The summed E-state index contributed by atoms with van der Waals surface area (Å²) in [6.45, 7) is 4.70. The van der Waals surface area contributed by atoms with E-state index in [1.54, 1.807) is 6.07 Å². The first-order valence-electron chi connectivity index (χ1n) is 7.09. The first kappa shape index (κ1) is 14.2. The molecule has 2 N–H and O–H groups in total. The monoisotopic (exact) mass is 264 g/mol. The van der Waals surface area contributed by atoms with Crippen molar-refractivity contribution in [2.24, 2.45) is 5.41 Å². The highest BCUT2D eigenvalue weighted by Gasteiger charge is 2.32. The number of hydrogen-bond acceptors (Lipinski definition) is 3. The van der Waals surface area contributed by atoms with Crippen LogP contribution in [0.5, 0.6) is 11.5 Å². The van der Waals surface area contributed by atoms with Crippen molar-refractivity contribution < 1.29 is 14.9 Å². The van der Waals surface area contributed by atoms with Crippen molar-refractivity contribution >= 4 is 0 Å². The number of phenols is 1. The van der Waals surface area contributed by atoms with Gasteiger partial charge in [0.1, 0.15) is 0 Å². The van der Waals surface area contributed by atoms with Crippen molar-refractivity contribution in [3.63, 3.8) is 0 Å². The summed E-state index contributed by atoms with van der Waals surface area (Å²) in [5, 5.41) is 18.7. The lowest BCUT2D eigenvalue weighted by atomic mass is 9.92. The summed E-state index contributed by atoms with van der Waals surface area (Å²) < 4.78 is 5.95. The molecule has 0 aliphatic heterocycles. The molecule has 0 amide bonds. The summed E-state index contributed by atoms with van der Waals surface area (Å²) in [6.07, 6.45) is 5.00. The number of benzene rings is 1. The van der Waals surface area contributed by atoms with Gasteiger partial charge in [-0.05, 0) is 55.2 Å². The van der Waals surface area contributed by atoms with E-state index in [-0.39, 0.29) is 18.5 Å². The van der Waals surface area contributed by atoms with E-state index in [9.17, 15) is 5.11 Å². The van der Waals surface area contributed by atoms with Crippen molar-refractivity contribution in [2.75, 3.05) is 6.61 Å². The van der Waals surface area contributed by atoms with Crippen molar-refractivity contribution in [3.8, 4) is 11.5 Å². The lowest BCUT2D eigenvalue weighted by Gasteiger charge is -2.19. The molecule has 0 saturated heterocycles. The topological polar surface area (TPSA) is 49.7 Å². The largest absolute Gasteiger partial charge is 0.504 e. The number of hydrogen-bond donors (Lipinski definition) is 2. The summed E-state index contributed by atoms with van der Waals surface area (Å²) >= 11 is 0. The number of phenolic OH excluding ortho intramolecular Hbond substituents is 1. The molecule has 3 heteroatoms. The van der Waals surface area contributed by atoms with Crippen LogP contribution in [0.1, 0.15) is 45.1 Å². The first-order valence-corrected chi connectivity index (χ1v) is 7.09. The van der Waals surface area contributed by atoms with Crippen LogP contribution in [0.25, 0.3) is 0 Å². The Bertz CT molecular complexity index is 426. The fourth-order valence-electron chi connectivity index (χ4n) is 2.74. The van der Waals surface area contributed by atoms with Crippen LogP contribution in [0.4, 0.5) is 0 Å². The van der Waals surface area contributed by atoms with Crippen LogP contribution in [0.3, 0.4) is 0 Å². The summed E-state index contributed by atoms with van der Waals surface area (Å²) in [7, 11) is 0. The standard InChI is InChI=1S/C16H24O3/c1-16(2)8-7-13(11-16)19-15-10-12(4-3-9-17)5-6-14(15)18/h5-6,10,13,17-18H,3-4,7-9,11H2,1-2H3. The highest BCUT2D eigenvalue weighted by Crippen LogP contribution is 2.40. The number of ether oxygens (including phenoxy) is 1. The third-order valence-electron chi connectivity index (χ3n) is 3.86. The molecule has 0 spiro atoms. The van der Waals surface area contributed by atoms with E-state index in [1.165, 1.54) is 6.42 Å². The van der Waals surface area contributed by atoms with Gasteiger partial charge in [-0.3, -0.25) is 0 Å². The van der Waals surface area contributed by atoms with Gasteiger partial charge in [0.05, 0.1) is 6.10 Å². The van der Waals surface area contributed by atoms with Gasteiger partial charge in [-0.25, -0.2) is 0 Å². The van der Waals surface area contributed by atoms with E-state index in [1.807, 2.05) is 12.1 Å². The summed E-state index contributed by atoms with van der Waals surface area (Å²) in [5.41, 5.74) is 1.44. The lowest BCUT2D eigenvalue weighted by Crippen LogP contribution is -2.15. The molecule has 1 aromatic carbocycles. The quantitative estimate of drug-likeness (QED) is 0.858. The van der Waals surface area contributed by atoms with E-state index >= 15 is 0 Å². The number of aromatic hydroxyl groups is 1. The second-order valence-electron chi connectivity index (χ2n) is 6.28. The molecular formula is C16H24O3. The Balaban J connectivity index is 2.03. The van der Waals surface area contributed by atoms with Gasteiger partial charge in [-0.15, -0.1) is 0 Å². The Hall–Kier alpha value is -1.22. The van der Waals surface area contributed by atoms with Crippen molar-refractivity contribution in [1.29, 1.82) is 0 Å². The first-order chi connectivity index (χ1) is 9.00. The fraction of sp³-hybridized carbons (Fsp3) is 0.625. The lowest BCUT2D eigenvalue weighted by molar-refractivity contribution is 0.186. The maximum atomic E-state index is 9.88. The molecule has 1 saturated carbocycles. The normalized spacial score (nSPS) is 21.5. The minimum absolute atomic E-state index is 0.188. The Labute approximate surface area is 115 Å². The fourth-order valence-corrected chi connectivity index (χ4v) is 2.74. The Morgan fingerprint density at radius 1 is 1.37 bits per heavy atom. The highest BCUT2D eigenvalue weighted by atomic mass is 16.5. The van der Waals surface area contributed by atoms with Crippen LogP contribution >= 0.6 is 0 Å². The molecule has 0 aromatic heterocycles. The van der Waals surface area contributed by atoms with E-state index in [0.717, 1.165) is 31.2 Å². The van der Waals surface area contributed by atoms with Crippen LogP contribution in [-0.2, 0) is 6.42 Å². The molecular weight excluding hydrogens is 240 g/mol. The molecule has 3 nitrogen and oxygen atoms in total. The predicted molar refractivity (Wildman–Crippen MR) is 75.6 cm³/mol. The van der Waals surface area contributed by atoms with Gasteiger partial charge in [0.2, 0.25) is 0 Å². The minimum atomic E-state index is 0.188. The van der Waals surface area contributed by atoms with Gasteiger partial charge in [0.15, 0.2) is 11.5 Å². The maximum Gasteiger partial charge on any atom is 0.161 e. The van der Waals surface area contributed by atoms with Crippen LogP contribution < -0.4 is 4.74 Å². The predicted octanol–water partition coefficient (Wildman–Crippen LogP) is 3.27. The Kier molecular flexibility index (Phi) is 4.35. The van der Waals surface area contributed by atoms with E-state index in [4.69, 9.17) is 9.84 Å². The molecule has 1 aliphatic rings. The second-order valence-corrected chi connectivity index (χ2v) is 6.28. The van der Waals surface area contributed by atoms with E-state index < -0.39 is 0 Å². The van der Waals surface area contributed by atoms with Crippen LogP contribution in [0.2, 0.25) is 0 Å². The zero-order chi connectivity index (χ0) is 13.9. The van der Waals surface area contributed by atoms with Gasteiger partial charge >= 0.3 is 0 Å². The van der Waals surface area contributed by atoms with Crippen molar-refractivity contribution in [3.05, 3.63) is 23.8 Å². The molecule has 106 valence electrons. The minimum Gasteiger partial charge on any atom is -0.504 e. The highest BCUT2D eigenvalue weighted by molar-refractivity contribution is 5.42. The number of aliphatic hydroxyl groups is 1. The Morgan fingerprint density at radius 2 is 2.16 bits per heavy atom. The van der Waals surface area contributed by atoms with Crippen LogP contribution in [0, 0.1) is 5.41 Å². The average molecular weight is 264 g/mol. The van der Waals surface area contributed by atoms with Crippen molar-refractivity contribution in [2.45, 2.75) is 52.1 Å². The number of aliphatic hydroxyl groups excluding tert-OH is 1. The molecule has 0 heterocycles. The van der Waals surface area contributed by atoms with Gasteiger partial charge in [0.25, 0.3) is 0 Å². The SMILES string of the molecule is CC1(C)CCC(Oc2cc(CCCO)ccc2O)C1. The molecule has 1 aromatic rings. The third kappa shape index (κ3) is 3.87. The molecule has 1 aliphatic carbocycles. The summed E-state index contributed by atoms with van der Waals surface area (Å²) in [5.74, 6) is 0.788. The third-order valence-corrected chi connectivity index (χ3v) is 3.86. The van der Waals surface area contributed by atoms with Gasteiger partial charge < -0.3 is 14.9 Å². The van der Waals surface area contributed by atoms with Crippen molar-refractivity contribution in [1.82, 2.24) is 0 Å². The average Bonchev–Trinajstić information content (AvgIpc) is 2.70. The zero-order valence-corrected chi connectivity index (χ0v) is 11.9. The smallest absolute Gasteiger partial charge is 0.161 e. The van der Waals surface area contributed by atoms with Crippen LogP contribution in [-0.4, -0.2) is 22.9 Å². The van der Waals surface area contributed by atoms with E-state index in [2.05, 4.69) is 13.8 Å². The van der Waals surface area contributed by atoms with Crippen LogP contribution in [0.15, 0.2) is 18.2 Å². The molecule has 1 unspecified atom stereocenters. The number of rotatable bonds is 5. The molecule has 2 rings (SSSR count). The Morgan fingerprint density at radius 3 is 2.79 bits per heavy atom. The molecule has 1 atom stereocenters. The summed E-state index contributed by atoms with van der Waals surface area (Å²) in [4.78, 5) is 0. The second kappa shape index (κ2) is 5.83. The molecule has 19 heavy (non-hydrogen) atoms. The van der Waals surface area contributed by atoms with Gasteiger partial charge in [-0.1, -0.05) is 19.9 Å². The zero-order valence-electron chi connectivity index (χ0n) is 11.9. The molecule has 0 bridgehead atoms. The molecule has 1 fully saturated rings. The summed E-state index contributed by atoms with van der Waals surface area (Å²) in [6, 6.07) is 5.47. The van der Waals surface area contributed by atoms with Gasteiger partial charge in [0, 0.05) is 6.61 Å². The van der Waals surface area contributed by atoms with Gasteiger partial charge in [-0.2, -0.15) is 0 Å². The molecule has 0 radical (unpaired) electrons. The maximum absolute atomic E-state index is 9.88.